The van der Waals surface area contributed by atoms with Crippen LogP contribution >= 0.6 is 11.3 Å². The van der Waals surface area contributed by atoms with E-state index in [9.17, 15) is 19.6 Å². The molecular weight excluding hydrogens is 480 g/mol. The highest BCUT2D eigenvalue weighted by atomic mass is 32.1. The highest BCUT2D eigenvalue weighted by Crippen LogP contribution is 2.37. The van der Waals surface area contributed by atoms with Crippen molar-refractivity contribution in [2.24, 2.45) is 5.73 Å². The van der Waals surface area contributed by atoms with Crippen molar-refractivity contribution in [3.05, 3.63) is 84.8 Å². The van der Waals surface area contributed by atoms with Crippen LogP contribution in [0.2, 0.25) is 0 Å². The molecule has 1 atom stereocenters. The molecule has 36 heavy (non-hydrogen) atoms. The van der Waals surface area contributed by atoms with Crippen LogP contribution in [-0.4, -0.2) is 30.7 Å². The Kier molecular flexibility index (Phi) is 6.76. The van der Waals surface area contributed by atoms with E-state index in [2.05, 4.69) is 16.1 Å². The summed E-state index contributed by atoms with van der Waals surface area (Å²) in [6, 6.07) is 16.2. The van der Waals surface area contributed by atoms with Crippen LogP contribution in [0, 0.1) is 18.3 Å². The van der Waals surface area contributed by atoms with Crippen molar-refractivity contribution in [2.75, 3.05) is 19.5 Å². The van der Waals surface area contributed by atoms with Crippen molar-refractivity contribution in [1.82, 2.24) is 4.57 Å². The van der Waals surface area contributed by atoms with Gasteiger partial charge in [0.25, 0.3) is 11.5 Å². The molecule has 9 nitrogen and oxygen atoms in total. The molecule has 0 radical (unpaired) electrons. The Bertz CT molecular complexity index is 1620. The molecule has 4 rings (SSSR count). The van der Waals surface area contributed by atoms with Gasteiger partial charge in [0.05, 0.1) is 37.4 Å². The largest absolute Gasteiger partial charge is 0.497 e. The Morgan fingerprint density at radius 1 is 1.19 bits per heavy atom. The van der Waals surface area contributed by atoms with Crippen molar-refractivity contribution in [1.29, 1.82) is 5.26 Å². The number of nitrogens with two attached hydrogens (primary N) is 1. The molecule has 1 aliphatic heterocycles. The van der Waals surface area contributed by atoms with Gasteiger partial charge in [-0.25, -0.2) is 4.79 Å². The molecule has 2 heterocycles. The van der Waals surface area contributed by atoms with Crippen LogP contribution in [0.3, 0.4) is 0 Å². The van der Waals surface area contributed by atoms with E-state index in [1.54, 1.807) is 36.4 Å². The topological polar surface area (TPSA) is 136 Å². The summed E-state index contributed by atoms with van der Waals surface area (Å²) in [6.45, 7) is 1.93. The first kappa shape index (κ1) is 24.5. The standard InChI is InChI=1S/C26H22N4O5S/c1-14-7-9-16(10-8-14)29-24(32)22-21(15-5-4-6-17(11-15)34-2)18(13-27)23(28)30-25(33)19(36-26(22)30)12-20(31)35-3/h4-12,21H,28H2,1-3H3,(H,29,32)/b19-12-/t21-/m0/s1. The first-order valence-electron chi connectivity index (χ1n) is 10.8. The second-order valence-electron chi connectivity index (χ2n) is 7.93. The van der Waals surface area contributed by atoms with E-state index >= 15 is 0 Å². The Morgan fingerprint density at radius 2 is 1.92 bits per heavy atom. The molecule has 0 unspecified atom stereocenters. The molecule has 0 spiro atoms. The Morgan fingerprint density at radius 3 is 2.56 bits per heavy atom. The maximum Gasteiger partial charge on any atom is 0.332 e. The number of aryl methyl sites for hydroxylation is 1. The SMILES string of the molecule is COC(=O)/C=c1\sc2n(c1=O)C(N)=C(C#N)[C@H](c1cccc(OC)c1)C=2C(=O)Nc1ccc(C)cc1. The van der Waals surface area contributed by atoms with Crippen molar-refractivity contribution in [3.63, 3.8) is 0 Å². The quantitative estimate of drug-likeness (QED) is 0.504. The van der Waals surface area contributed by atoms with Crippen LogP contribution in [-0.2, 0) is 14.3 Å². The lowest BCUT2D eigenvalue weighted by molar-refractivity contribution is -0.133. The van der Waals surface area contributed by atoms with Crippen molar-refractivity contribution in [2.45, 2.75) is 12.8 Å². The van der Waals surface area contributed by atoms with Crippen LogP contribution in [0.15, 0.2) is 58.9 Å². The summed E-state index contributed by atoms with van der Waals surface area (Å²) >= 11 is 0.921. The molecule has 3 aromatic rings. The molecule has 0 fully saturated rings. The zero-order valence-electron chi connectivity index (χ0n) is 19.7. The summed E-state index contributed by atoms with van der Waals surface area (Å²) in [4.78, 5) is 38.8. The van der Waals surface area contributed by atoms with Crippen molar-refractivity contribution in [3.8, 4) is 11.8 Å². The Balaban J connectivity index is 2.05. The van der Waals surface area contributed by atoms with E-state index in [1.165, 1.54) is 14.2 Å². The normalized spacial score (nSPS) is 15.2. The number of ether oxygens (including phenoxy) is 2. The number of carbonyl (C=O) groups is 2. The van der Waals surface area contributed by atoms with Gasteiger partial charge < -0.3 is 20.5 Å². The minimum Gasteiger partial charge on any atom is -0.497 e. The van der Waals surface area contributed by atoms with Crippen LogP contribution in [0.5, 0.6) is 5.75 Å². The molecule has 10 heteroatoms. The number of carbonyl (C=O) groups excluding carboxylic acids is 2. The van der Waals surface area contributed by atoms with Gasteiger partial charge in [0, 0.05) is 11.8 Å². The maximum absolute atomic E-state index is 13.8. The van der Waals surface area contributed by atoms with E-state index in [0.717, 1.165) is 27.5 Å². The van der Waals surface area contributed by atoms with Gasteiger partial charge >= 0.3 is 5.97 Å². The summed E-state index contributed by atoms with van der Waals surface area (Å²) in [5.41, 5.74) is 8.00. The molecule has 182 valence electrons. The van der Waals surface area contributed by atoms with Gasteiger partial charge in [0.2, 0.25) is 0 Å². The molecule has 1 aliphatic rings. The van der Waals surface area contributed by atoms with E-state index < -0.39 is 23.4 Å². The van der Waals surface area contributed by atoms with E-state index in [0.29, 0.717) is 17.0 Å². The molecule has 0 saturated carbocycles. The Labute approximate surface area is 210 Å². The number of anilines is 1. The molecular formula is C26H22N4O5S. The number of benzene rings is 2. The first-order chi connectivity index (χ1) is 17.3. The van der Waals surface area contributed by atoms with Crippen LogP contribution in [0.1, 0.15) is 17.0 Å². The minimum atomic E-state index is -0.889. The monoisotopic (exact) mass is 502 g/mol. The third kappa shape index (κ3) is 4.39. The van der Waals surface area contributed by atoms with Gasteiger partial charge in [-0.05, 0) is 36.8 Å². The predicted molar refractivity (Wildman–Crippen MR) is 136 cm³/mol. The fourth-order valence-electron chi connectivity index (χ4n) is 3.92. The fourth-order valence-corrected chi connectivity index (χ4v) is 5.06. The first-order valence-corrected chi connectivity index (χ1v) is 11.6. The third-order valence-corrected chi connectivity index (χ3v) is 6.81. The molecule has 1 amide bonds. The lowest BCUT2D eigenvalue weighted by Crippen LogP contribution is -2.40. The van der Waals surface area contributed by atoms with Gasteiger partial charge in [0.1, 0.15) is 20.8 Å². The highest BCUT2D eigenvalue weighted by molar-refractivity contribution is 7.07. The summed E-state index contributed by atoms with van der Waals surface area (Å²) in [5.74, 6) is -1.73. The number of nitriles is 1. The minimum absolute atomic E-state index is 0.0176. The second kappa shape index (κ2) is 9.93. The number of allylic oxidation sites excluding steroid dienone is 1. The lowest BCUT2D eigenvalue weighted by atomic mass is 9.83. The number of thiazole rings is 1. The number of hydrogen-bond donors (Lipinski definition) is 2. The number of rotatable bonds is 5. The number of fused-ring (bicyclic) bond motifs is 1. The average Bonchev–Trinajstić information content (AvgIpc) is 3.20. The number of amides is 1. The average molecular weight is 503 g/mol. The molecule has 3 N–H and O–H groups in total. The maximum atomic E-state index is 13.8. The molecule has 1 aromatic heterocycles. The van der Waals surface area contributed by atoms with Gasteiger partial charge in [0.15, 0.2) is 0 Å². The summed E-state index contributed by atoms with van der Waals surface area (Å²) in [6.07, 6.45) is 1.04. The van der Waals surface area contributed by atoms with Crippen LogP contribution in [0.25, 0.3) is 17.5 Å². The zero-order chi connectivity index (χ0) is 26.0. The molecule has 0 aliphatic carbocycles. The Hall–Kier alpha value is -4.62. The summed E-state index contributed by atoms with van der Waals surface area (Å²) in [7, 11) is 2.70. The van der Waals surface area contributed by atoms with Gasteiger partial charge in [-0.1, -0.05) is 29.8 Å². The highest BCUT2D eigenvalue weighted by Gasteiger charge is 2.36. The van der Waals surface area contributed by atoms with E-state index in [1.807, 2.05) is 19.1 Å². The van der Waals surface area contributed by atoms with Crippen molar-refractivity contribution < 1.29 is 19.1 Å². The smallest absolute Gasteiger partial charge is 0.332 e. The number of aromatic nitrogens is 1. The summed E-state index contributed by atoms with van der Waals surface area (Å²) in [5, 5.41) is 12.9. The lowest BCUT2D eigenvalue weighted by Gasteiger charge is -2.25. The third-order valence-electron chi connectivity index (χ3n) is 5.70. The number of nitrogens with zero attached hydrogens (tertiary/aromatic N) is 2. The van der Waals surface area contributed by atoms with E-state index in [4.69, 9.17) is 10.5 Å². The summed E-state index contributed by atoms with van der Waals surface area (Å²) < 4.78 is 11.3. The molecule has 0 saturated heterocycles. The van der Waals surface area contributed by atoms with Crippen LogP contribution < -0.4 is 30.5 Å². The van der Waals surface area contributed by atoms with E-state index in [-0.39, 0.29) is 26.2 Å². The molecule has 0 bridgehead atoms. The zero-order valence-corrected chi connectivity index (χ0v) is 20.5. The predicted octanol–water partition coefficient (Wildman–Crippen LogP) is 1.42. The molecule has 2 aromatic carbocycles. The van der Waals surface area contributed by atoms with Gasteiger partial charge in [-0.2, -0.15) is 5.26 Å². The van der Waals surface area contributed by atoms with Crippen molar-refractivity contribution >= 4 is 46.4 Å². The van der Waals surface area contributed by atoms with Gasteiger partial charge in [-0.15, -0.1) is 11.3 Å². The van der Waals surface area contributed by atoms with Crippen LogP contribution in [0.4, 0.5) is 5.69 Å². The number of nitrogens with one attached hydrogen (secondary N) is 1. The second-order valence-corrected chi connectivity index (χ2v) is 8.96. The number of hydrogen-bond acceptors (Lipinski definition) is 8. The fraction of sp³-hybridized carbons (Fsp3) is 0.154. The van der Waals surface area contributed by atoms with Gasteiger partial charge in [-0.3, -0.25) is 14.2 Å². The number of methoxy groups -OCH3 is 2. The number of esters is 1.